The number of aliphatic hydroxyl groups is 1. The molecule has 0 radical (unpaired) electrons. The van der Waals surface area contributed by atoms with E-state index in [1.165, 1.54) is 25.0 Å². The molecule has 0 bridgehead atoms. The molecule has 1 fully saturated rings. The van der Waals surface area contributed by atoms with E-state index in [0.29, 0.717) is 6.42 Å². The lowest BCUT2D eigenvalue weighted by atomic mass is 9.87. The van der Waals surface area contributed by atoms with Gasteiger partial charge in [-0.05, 0) is 30.5 Å². The van der Waals surface area contributed by atoms with Gasteiger partial charge in [-0.1, -0.05) is 37.8 Å². The van der Waals surface area contributed by atoms with Gasteiger partial charge >= 0.3 is 0 Å². The van der Waals surface area contributed by atoms with Gasteiger partial charge in [0.2, 0.25) is 0 Å². The minimum absolute atomic E-state index is 0.211. The predicted octanol–water partition coefficient (Wildman–Crippen LogP) is 3.45. The fourth-order valence-corrected chi connectivity index (χ4v) is 2.55. The molecule has 0 saturated heterocycles. The van der Waals surface area contributed by atoms with Gasteiger partial charge in [-0.2, -0.15) is 0 Å². The number of hydrogen-bond acceptors (Lipinski definition) is 1. The molecule has 2 heteroatoms. The smallest absolute Gasteiger partial charge is 0.123 e. The van der Waals surface area contributed by atoms with Crippen LogP contribution in [0.1, 0.15) is 44.1 Å². The average molecular weight is 222 g/mol. The molecule has 0 amide bonds. The Morgan fingerprint density at radius 3 is 2.12 bits per heavy atom. The molecule has 1 nitrogen and oxygen atoms in total. The molecule has 0 spiro atoms. The van der Waals surface area contributed by atoms with Crippen molar-refractivity contribution in [2.45, 2.75) is 50.5 Å². The molecule has 0 heterocycles. The second kappa shape index (κ2) is 4.96. The topological polar surface area (TPSA) is 20.2 Å². The van der Waals surface area contributed by atoms with Crippen molar-refractivity contribution < 1.29 is 9.50 Å². The van der Waals surface area contributed by atoms with Crippen LogP contribution in [0.3, 0.4) is 0 Å². The van der Waals surface area contributed by atoms with Crippen molar-refractivity contribution in [2.75, 3.05) is 0 Å². The van der Waals surface area contributed by atoms with Crippen LogP contribution in [0.4, 0.5) is 4.39 Å². The van der Waals surface area contributed by atoms with Crippen LogP contribution in [-0.2, 0) is 6.42 Å². The van der Waals surface area contributed by atoms with Crippen molar-refractivity contribution in [3.05, 3.63) is 35.6 Å². The zero-order valence-corrected chi connectivity index (χ0v) is 9.58. The van der Waals surface area contributed by atoms with E-state index in [1.54, 1.807) is 12.1 Å². The van der Waals surface area contributed by atoms with Gasteiger partial charge < -0.3 is 5.11 Å². The molecular weight excluding hydrogens is 203 g/mol. The van der Waals surface area contributed by atoms with E-state index < -0.39 is 5.60 Å². The van der Waals surface area contributed by atoms with Crippen molar-refractivity contribution in [3.8, 4) is 0 Å². The summed E-state index contributed by atoms with van der Waals surface area (Å²) in [5.41, 5.74) is 0.472. The second-order valence-corrected chi connectivity index (χ2v) is 4.94. The molecule has 1 aromatic rings. The van der Waals surface area contributed by atoms with Gasteiger partial charge in [0, 0.05) is 6.42 Å². The minimum atomic E-state index is -0.561. The minimum Gasteiger partial charge on any atom is -0.390 e. The molecular formula is C14H19FO. The normalized spacial score (nSPS) is 20.4. The lowest BCUT2D eigenvalue weighted by molar-refractivity contribution is 0.0252. The molecule has 1 aromatic carbocycles. The zero-order valence-electron chi connectivity index (χ0n) is 9.58. The Balaban J connectivity index is 2.04. The summed E-state index contributed by atoms with van der Waals surface area (Å²) in [4.78, 5) is 0. The van der Waals surface area contributed by atoms with Gasteiger partial charge in [0.25, 0.3) is 0 Å². The summed E-state index contributed by atoms with van der Waals surface area (Å²) in [5, 5.41) is 10.5. The summed E-state index contributed by atoms with van der Waals surface area (Å²) in [6.45, 7) is 0. The second-order valence-electron chi connectivity index (χ2n) is 4.94. The lowest BCUT2D eigenvalue weighted by Gasteiger charge is -2.26. The summed E-state index contributed by atoms with van der Waals surface area (Å²) < 4.78 is 12.8. The van der Waals surface area contributed by atoms with Crippen LogP contribution in [0, 0.1) is 5.82 Å². The molecule has 2 rings (SSSR count). The Bertz CT molecular complexity index is 323. The molecule has 0 aliphatic heterocycles. The molecule has 16 heavy (non-hydrogen) atoms. The Hall–Kier alpha value is -0.890. The van der Waals surface area contributed by atoms with E-state index in [9.17, 15) is 9.50 Å². The molecule has 0 unspecified atom stereocenters. The van der Waals surface area contributed by atoms with E-state index in [4.69, 9.17) is 0 Å². The molecule has 1 saturated carbocycles. The van der Waals surface area contributed by atoms with Gasteiger partial charge in [0.05, 0.1) is 5.60 Å². The van der Waals surface area contributed by atoms with Crippen LogP contribution in [-0.4, -0.2) is 10.7 Å². The highest BCUT2D eigenvalue weighted by Crippen LogP contribution is 2.30. The molecule has 0 atom stereocenters. The van der Waals surface area contributed by atoms with Crippen LogP contribution in [0.2, 0.25) is 0 Å². The van der Waals surface area contributed by atoms with Crippen molar-refractivity contribution >= 4 is 0 Å². The Morgan fingerprint density at radius 2 is 1.56 bits per heavy atom. The van der Waals surface area contributed by atoms with Crippen LogP contribution in [0.15, 0.2) is 24.3 Å². The molecule has 1 aliphatic carbocycles. The Kier molecular flexibility index (Phi) is 3.59. The summed E-state index contributed by atoms with van der Waals surface area (Å²) in [7, 11) is 0. The first-order valence-electron chi connectivity index (χ1n) is 6.15. The average Bonchev–Trinajstić information content (AvgIpc) is 2.47. The van der Waals surface area contributed by atoms with Gasteiger partial charge in [0.15, 0.2) is 0 Å². The third-order valence-corrected chi connectivity index (χ3v) is 3.48. The van der Waals surface area contributed by atoms with E-state index >= 15 is 0 Å². The monoisotopic (exact) mass is 222 g/mol. The molecule has 1 N–H and O–H groups in total. The zero-order chi connectivity index (χ0) is 11.4. The maximum Gasteiger partial charge on any atom is 0.123 e. The SMILES string of the molecule is OC1(Cc2ccc(F)cc2)CCCCCC1. The van der Waals surface area contributed by atoms with Crippen LogP contribution in [0.25, 0.3) is 0 Å². The van der Waals surface area contributed by atoms with Gasteiger partial charge in [-0.25, -0.2) is 4.39 Å². The van der Waals surface area contributed by atoms with Crippen molar-refractivity contribution in [1.29, 1.82) is 0 Å². The molecule has 1 aliphatic rings. The van der Waals surface area contributed by atoms with E-state index in [1.807, 2.05) is 0 Å². The highest BCUT2D eigenvalue weighted by Gasteiger charge is 2.27. The van der Waals surface area contributed by atoms with Crippen molar-refractivity contribution in [1.82, 2.24) is 0 Å². The highest BCUT2D eigenvalue weighted by molar-refractivity contribution is 5.18. The number of rotatable bonds is 2. The number of benzene rings is 1. The van der Waals surface area contributed by atoms with Gasteiger partial charge in [-0.15, -0.1) is 0 Å². The third-order valence-electron chi connectivity index (χ3n) is 3.48. The first-order valence-corrected chi connectivity index (χ1v) is 6.15. The summed E-state index contributed by atoms with van der Waals surface area (Å²) in [6, 6.07) is 6.49. The van der Waals surface area contributed by atoms with E-state index in [0.717, 1.165) is 31.2 Å². The quantitative estimate of drug-likeness (QED) is 0.760. The van der Waals surface area contributed by atoms with Crippen LogP contribution >= 0.6 is 0 Å². The van der Waals surface area contributed by atoms with Crippen LogP contribution < -0.4 is 0 Å². The van der Waals surface area contributed by atoms with E-state index in [2.05, 4.69) is 0 Å². The standard InChI is InChI=1S/C14H19FO/c15-13-7-5-12(6-8-13)11-14(16)9-3-1-2-4-10-14/h5-8,16H,1-4,9-11H2. The number of halogens is 1. The van der Waals surface area contributed by atoms with Crippen molar-refractivity contribution in [3.63, 3.8) is 0 Å². The van der Waals surface area contributed by atoms with E-state index in [-0.39, 0.29) is 5.82 Å². The summed E-state index contributed by atoms with van der Waals surface area (Å²) >= 11 is 0. The van der Waals surface area contributed by atoms with Crippen LogP contribution in [0.5, 0.6) is 0 Å². The molecule has 0 aromatic heterocycles. The summed E-state index contributed by atoms with van der Waals surface area (Å²) in [6.07, 6.45) is 7.09. The fraction of sp³-hybridized carbons (Fsp3) is 0.571. The Morgan fingerprint density at radius 1 is 1.00 bits per heavy atom. The highest BCUT2D eigenvalue weighted by atomic mass is 19.1. The summed E-state index contributed by atoms with van der Waals surface area (Å²) in [5.74, 6) is -0.211. The maximum absolute atomic E-state index is 12.8. The largest absolute Gasteiger partial charge is 0.390 e. The first-order chi connectivity index (χ1) is 7.68. The lowest BCUT2D eigenvalue weighted by Crippen LogP contribution is -2.30. The first kappa shape index (κ1) is 11.6. The van der Waals surface area contributed by atoms with Gasteiger partial charge in [0.1, 0.15) is 5.82 Å². The fourth-order valence-electron chi connectivity index (χ4n) is 2.55. The molecule has 88 valence electrons. The predicted molar refractivity (Wildman–Crippen MR) is 62.8 cm³/mol. The van der Waals surface area contributed by atoms with Crippen molar-refractivity contribution in [2.24, 2.45) is 0 Å². The third kappa shape index (κ3) is 3.05. The number of hydrogen-bond donors (Lipinski definition) is 1. The van der Waals surface area contributed by atoms with Gasteiger partial charge in [-0.3, -0.25) is 0 Å². The maximum atomic E-state index is 12.8. The Labute approximate surface area is 96.3 Å².